The topological polar surface area (TPSA) is 9.86 Å². The number of thiophene rings is 4. The Balaban J connectivity index is 1.03. The highest BCUT2D eigenvalue weighted by Gasteiger charge is 2.22. The fourth-order valence-electron chi connectivity index (χ4n) is 8.98. The van der Waals surface area contributed by atoms with Crippen LogP contribution in [0.1, 0.15) is 0 Å². The van der Waals surface area contributed by atoms with Gasteiger partial charge in [0.05, 0.1) is 36.2 Å². The molecule has 0 atom stereocenters. The summed E-state index contributed by atoms with van der Waals surface area (Å²) in [7, 11) is 0. The van der Waals surface area contributed by atoms with Gasteiger partial charge in [-0.25, -0.2) is 0 Å². The Labute approximate surface area is 337 Å². The summed E-state index contributed by atoms with van der Waals surface area (Å²) < 4.78 is 11.8. The molecule has 0 aliphatic carbocycles. The monoisotopic (exact) mass is 784 g/mol. The minimum Gasteiger partial charge on any atom is -0.309 e. The van der Waals surface area contributed by atoms with Gasteiger partial charge in [0, 0.05) is 68.2 Å². The predicted octanol–water partition coefficient (Wildman–Crippen LogP) is 16.1. The molecule has 262 valence electrons. The zero-order chi connectivity index (χ0) is 36.5. The van der Waals surface area contributed by atoms with Crippen LogP contribution in [-0.2, 0) is 0 Å². The Bertz CT molecular complexity index is 3700. The van der Waals surface area contributed by atoms with Gasteiger partial charge in [-0.15, -0.1) is 45.3 Å². The quantitative estimate of drug-likeness (QED) is 0.168. The molecular weight excluding hydrogens is 757 g/mol. The zero-order valence-electron chi connectivity index (χ0n) is 29.7. The van der Waals surface area contributed by atoms with Gasteiger partial charge >= 0.3 is 0 Å². The molecule has 7 aromatic carbocycles. The second-order valence-corrected chi connectivity index (χ2v) is 18.5. The van der Waals surface area contributed by atoms with E-state index in [9.17, 15) is 0 Å². The molecule has 0 saturated carbocycles. The smallest absolute Gasteiger partial charge is 0.0542 e. The lowest BCUT2D eigenvalue weighted by Crippen LogP contribution is -1.92. The van der Waals surface area contributed by atoms with E-state index < -0.39 is 0 Å². The number of aromatic nitrogens is 2. The van der Waals surface area contributed by atoms with Crippen molar-refractivity contribution in [1.29, 1.82) is 0 Å². The summed E-state index contributed by atoms with van der Waals surface area (Å²) in [5.41, 5.74) is 9.85. The second kappa shape index (κ2) is 11.7. The third kappa shape index (κ3) is 4.35. The molecule has 13 aromatic rings. The molecule has 0 N–H and O–H groups in total. The Morgan fingerprint density at radius 1 is 0.339 bits per heavy atom. The molecule has 6 heterocycles. The Morgan fingerprint density at radius 3 is 1.43 bits per heavy atom. The van der Waals surface area contributed by atoms with E-state index in [-0.39, 0.29) is 0 Å². The number of rotatable bonds is 4. The van der Waals surface area contributed by atoms with Crippen molar-refractivity contribution in [3.05, 3.63) is 169 Å². The van der Waals surface area contributed by atoms with Crippen LogP contribution in [0.4, 0.5) is 0 Å². The zero-order valence-corrected chi connectivity index (χ0v) is 33.0. The van der Waals surface area contributed by atoms with E-state index in [1.807, 2.05) is 45.3 Å². The minimum atomic E-state index is 1.19. The normalized spacial score (nSPS) is 12.3. The van der Waals surface area contributed by atoms with Crippen LogP contribution < -0.4 is 0 Å². The molecule has 56 heavy (non-hydrogen) atoms. The first-order chi connectivity index (χ1) is 27.8. The molecule has 0 aliphatic rings. The Morgan fingerprint density at radius 2 is 0.839 bits per heavy atom. The third-order valence-electron chi connectivity index (χ3n) is 11.4. The highest BCUT2D eigenvalue weighted by molar-refractivity contribution is 7.35. The molecule has 0 amide bonds. The number of para-hydroxylation sites is 4. The second-order valence-electron chi connectivity index (χ2n) is 14.5. The third-order valence-corrected chi connectivity index (χ3v) is 16.2. The van der Waals surface area contributed by atoms with Crippen molar-refractivity contribution < 1.29 is 0 Å². The van der Waals surface area contributed by atoms with E-state index in [4.69, 9.17) is 0 Å². The van der Waals surface area contributed by atoms with Crippen LogP contribution in [0.25, 0.3) is 116 Å². The average molecular weight is 785 g/mol. The molecule has 13 rings (SSSR count). The van der Waals surface area contributed by atoms with Gasteiger partial charge in [-0.05, 0) is 95.4 Å². The number of nitrogens with zero attached hydrogens (tertiary/aromatic N) is 2. The van der Waals surface area contributed by atoms with Crippen LogP contribution in [0.3, 0.4) is 0 Å². The molecule has 6 aromatic heterocycles. The largest absolute Gasteiger partial charge is 0.309 e. The van der Waals surface area contributed by atoms with E-state index in [1.165, 1.54) is 116 Å². The van der Waals surface area contributed by atoms with Crippen molar-refractivity contribution in [2.75, 3.05) is 0 Å². The lowest BCUT2D eigenvalue weighted by Gasteiger charge is -2.07. The van der Waals surface area contributed by atoms with Crippen LogP contribution >= 0.6 is 45.3 Å². The maximum absolute atomic E-state index is 2.48. The van der Waals surface area contributed by atoms with Gasteiger partial charge in [-0.2, -0.15) is 0 Å². The SMILES string of the molecule is c1ccc(-n2c3ccccc3c3cc(-c4cc5c(s4)c4sc(-c6ccc7c(c6)c6ccccc6n7-c6ccccc6)cc4c4c6sccc6sc54)ccc32)cc1. The Kier molecular flexibility index (Phi) is 6.55. The van der Waals surface area contributed by atoms with Crippen molar-refractivity contribution in [3.8, 4) is 32.3 Å². The molecule has 2 nitrogen and oxygen atoms in total. The van der Waals surface area contributed by atoms with Gasteiger partial charge in [-0.1, -0.05) is 84.9 Å². The van der Waals surface area contributed by atoms with Crippen molar-refractivity contribution in [2.24, 2.45) is 0 Å². The van der Waals surface area contributed by atoms with Gasteiger partial charge in [-0.3, -0.25) is 0 Å². The van der Waals surface area contributed by atoms with Crippen LogP contribution in [0.2, 0.25) is 0 Å². The predicted molar refractivity (Wildman–Crippen MR) is 248 cm³/mol. The molecular formula is C50H28N2S4. The summed E-state index contributed by atoms with van der Waals surface area (Å²) in [6.07, 6.45) is 0. The van der Waals surface area contributed by atoms with Crippen molar-refractivity contribution in [3.63, 3.8) is 0 Å². The maximum atomic E-state index is 2.48. The number of benzene rings is 7. The molecule has 0 radical (unpaired) electrons. The number of hydrogen-bond donors (Lipinski definition) is 0. The van der Waals surface area contributed by atoms with E-state index in [1.54, 1.807) is 0 Å². The summed E-state index contributed by atoms with van der Waals surface area (Å²) in [6.45, 7) is 0. The summed E-state index contributed by atoms with van der Waals surface area (Å²) in [5, 5.41) is 11.6. The Hall–Kier alpha value is -6.02. The lowest BCUT2D eigenvalue weighted by molar-refractivity contribution is 1.18. The van der Waals surface area contributed by atoms with E-state index in [2.05, 4.69) is 178 Å². The molecule has 0 saturated heterocycles. The van der Waals surface area contributed by atoms with Gasteiger partial charge in [0.1, 0.15) is 0 Å². The van der Waals surface area contributed by atoms with Crippen LogP contribution in [-0.4, -0.2) is 9.13 Å². The first-order valence-electron chi connectivity index (χ1n) is 18.7. The van der Waals surface area contributed by atoms with Gasteiger partial charge in [0.15, 0.2) is 0 Å². The summed E-state index contributed by atoms with van der Waals surface area (Å²) in [5.74, 6) is 0. The highest BCUT2D eigenvalue weighted by Crippen LogP contribution is 2.53. The highest BCUT2D eigenvalue weighted by atomic mass is 32.1. The number of hydrogen-bond acceptors (Lipinski definition) is 4. The van der Waals surface area contributed by atoms with Crippen molar-refractivity contribution >= 4 is 129 Å². The fraction of sp³-hybridized carbons (Fsp3) is 0. The van der Waals surface area contributed by atoms with E-state index in [0.717, 1.165) is 0 Å². The molecule has 0 bridgehead atoms. The van der Waals surface area contributed by atoms with Gasteiger partial charge < -0.3 is 9.13 Å². The standard InChI is InChI=1S/C50H28N2S4/c1-3-11-31(12-4-1)51-39-17-9-7-15-33(39)35-25-29(19-21-41(35)51)44-27-37-46-47(54-43-23-24-53-50(43)46)38-28-45(56-49(38)48(37)55-44)30-20-22-42-36(26-30)34-16-8-10-18-40(34)52(42)32-13-5-2-6-14-32/h1-28H. The van der Waals surface area contributed by atoms with Crippen molar-refractivity contribution in [1.82, 2.24) is 9.13 Å². The average Bonchev–Trinajstić information content (AvgIpc) is 4.10. The molecule has 0 fully saturated rings. The fourth-order valence-corrected chi connectivity index (χ4v) is 13.9. The maximum Gasteiger partial charge on any atom is 0.0542 e. The summed E-state index contributed by atoms with van der Waals surface area (Å²) >= 11 is 7.73. The first kappa shape index (κ1) is 31.2. The summed E-state index contributed by atoms with van der Waals surface area (Å²) in [4.78, 5) is 2.63. The first-order valence-corrected chi connectivity index (χ1v) is 22.1. The van der Waals surface area contributed by atoms with E-state index >= 15 is 0 Å². The van der Waals surface area contributed by atoms with Gasteiger partial charge in [0.2, 0.25) is 0 Å². The van der Waals surface area contributed by atoms with E-state index in [0.29, 0.717) is 0 Å². The number of fused-ring (bicyclic) bond motifs is 14. The van der Waals surface area contributed by atoms with Crippen LogP contribution in [0.5, 0.6) is 0 Å². The molecule has 0 aliphatic heterocycles. The molecule has 0 unspecified atom stereocenters. The molecule has 6 heteroatoms. The van der Waals surface area contributed by atoms with Crippen LogP contribution in [0, 0.1) is 0 Å². The molecule has 0 spiro atoms. The van der Waals surface area contributed by atoms with Crippen molar-refractivity contribution in [2.45, 2.75) is 0 Å². The summed E-state index contributed by atoms with van der Waals surface area (Å²) in [6, 6.07) is 60.5. The lowest BCUT2D eigenvalue weighted by atomic mass is 10.1. The van der Waals surface area contributed by atoms with Gasteiger partial charge in [0.25, 0.3) is 0 Å². The minimum absolute atomic E-state index is 1.19. The van der Waals surface area contributed by atoms with Crippen LogP contribution in [0.15, 0.2) is 169 Å².